The fraction of sp³-hybridized carbons (Fsp3) is 0.500. The Kier molecular flexibility index (Phi) is 3.66. The molecule has 0 atom stereocenters. The van der Waals surface area contributed by atoms with Gasteiger partial charge in [0.25, 0.3) is 5.91 Å². The lowest BCUT2D eigenvalue weighted by Gasteiger charge is -2.24. The van der Waals surface area contributed by atoms with Crippen molar-refractivity contribution in [2.24, 2.45) is 0 Å². The maximum atomic E-state index is 12.3. The van der Waals surface area contributed by atoms with Gasteiger partial charge >= 0.3 is 0 Å². The van der Waals surface area contributed by atoms with Gasteiger partial charge in [0.05, 0.1) is 5.56 Å². The molecule has 0 unspecified atom stereocenters. The zero-order valence-electron chi connectivity index (χ0n) is 9.82. The maximum absolute atomic E-state index is 12.3. The quantitative estimate of drug-likeness (QED) is 0.912. The summed E-state index contributed by atoms with van der Waals surface area (Å²) in [6.45, 7) is 0. The smallest absolute Gasteiger partial charge is 0.255 e. The molecule has 0 bridgehead atoms. The van der Waals surface area contributed by atoms with E-state index in [0.717, 1.165) is 12.8 Å². The first-order chi connectivity index (χ1) is 8.09. The summed E-state index contributed by atoms with van der Waals surface area (Å²) in [5.41, 5.74) is 6.21. The monoisotopic (exact) mass is 297 g/mol. The Balaban J connectivity index is 2.20. The van der Waals surface area contributed by atoms with Crippen LogP contribution in [0.5, 0.6) is 0 Å². The highest BCUT2D eigenvalue weighted by Gasteiger charge is 2.25. The van der Waals surface area contributed by atoms with Crippen LogP contribution < -0.4 is 5.73 Å². The van der Waals surface area contributed by atoms with Gasteiger partial charge in [-0.25, -0.2) is 4.98 Å². The van der Waals surface area contributed by atoms with E-state index in [0.29, 0.717) is 21.9 Å². The van der Waals surface area contributed by atoms with E-state index >= 15 is 0 Å². The normalized spacial score (nSPS) is 16.1. The van der Waals surface area contributed by atoms with Crippen molar-refractivity contribution in [2.45, 2.75) is 31.7 Å². The van der Waals surface area contributed by atoms with Gasteiger partial charge < -0.3 is 10.6 Å². The van der Waals surface area contributed by atoms with Crippen LogP contribution in [0.3, 0.4) is 0 Å². The van der Waals surface area contributed by atoms with Crippen LogP contribution in [-0.2, 0) is 0 Å². The predicted molar refractivity (Wildman–Crippen MR) is 70.7 cm³/mol. The van der Waals surface area contributed by atoms with Gasteiger partial charge in [0.15, 0.2) is 0 Å². The molecule has 0 radical (unpaired) electrons. The summed E-state index contributed by atoms with van der Waals surface area (Å²) >= 11 is 3.34. The molecule has 1 fully saturated rings. The number of hydrogen-bond acceptors (Lipinski definition) is 3. The highest BCUT2D eigenvalue weighted by Crippen LogP contribution is 2.26. The van der Waals surface area contributed by atoms with Crippen molar-refractivity contribution < 1.29 is 4.79 Å². The van der Waals surface area contributed by atoms with Crippen LogP contribution in [-0.4, -0.2) is 28.9 Å². The Morgan fingerprint density at radius 3 is 2.82 bits per heavy atom. The van der Waals surface area contributed by atoms with Crippen molar-refractivity contribution in [3.05, 3.63) is 22.3 Å². The molecule has 4 nitrogen and oxygen atoms in total. The summed E-state index contributed by atoms with van der Waals surface area (Å²) in [5.74, 6) is 0.384. The number of carbonyl (C=O) groups is 1. The Bertz CT molecular complexity index is 430. The molecule has 1 aromatic rings. The average molecular weight is 298 g/mol. The number of rotatable bonds is 2. The number of hydrogen-bond donors (Lipinski definition) is 1. The van der Waals surface area contributed by atoms with E-state index < -0.39 is 0 Å². The van der Waals surface area contributed by atoms with Gasteiger partial charge in [-0.2, -0.15) is 0 Å². The summed E-state index contributed by atoms with van der Waals surface area (Å²) in [7, 11) is 1.86. The van der Waals surface area contributed by atoms with Crippen molar-refractivity contribution in [1.82, 2.24) is 9.88 Å². The molecular formula is C12H16BrN3O. The molecule has 1 aliphatic carbocycles. The third-order valence-electron chi connectivity index (χ3n) is 3.30. The van der Waals surface area contributed by atoms with E-state index in [4.69, 9.17) is 5.73 Å². The highest BCUT2D eigenvalue weighted by molar-refractivity contribution is 9.10. The number of nitrogen functional groups attached to an aromatic ring is 1. The molecule has 1 saturated carbocycles. The third kappa shape index (κ3) is 2.60. The largest absolute Gasteiger partial charge is 0.384 e. The first kappa shape index (κ1) is 12.4. The summed E-state index contributed by atoms with van der Waals surface area (Å²) in [5, 5.41) is 0. The lowest BCUT2D eigenvalue weighted by atomic mass is 10.1. The summed E-state index contributed by atoms with van der Waals surface area (Å²) in [4.78, 5) is 18.1. The van der Waals surface area contributed by atoms with Gasteiger partial charge in [0.1, 0.15) is 5.82 Å². The molecular weight excluding hydrogens is 282 g/mol. The third-order valence-corrected chi connectivity index (χ3v) is 3.93. The van der Waals surface area contributed by atoms with E-state index in [2.05, 4.69) is 20.9 Å². The summed E-state index contributed by atoms with van der Waals surface area (Å²) in [6, 6.07) is 1.99. The number of anilines is 1. The molecule has 1 amide bonds. The molecule has 92 valence electrons. The highest BCUT2D eigenvalue weighted by atomic mass is 79.9. The van der Waals surface area contributed by atoms with Crippen LogP contribution >= 0.6 is 15.9 Å². The molecule has 0 aromatic carbocycles. The van der Waals surface area contributed by atoms with Crippen molar-refractivity contribution >= 4 is 27.7 Å². The average Bonchev–Trinajstić information content (AvgIpc) is 2.84. The second-order valence-electron chi connectivity index (χ2n) is 4.44. The molecule has 1 aromatic heterocycles. The molecule has 2 rings (SSSR count). The number of aromatic nitrogens is 1. The minimum atomic E-state index is 0.0119. The van der Waals surface area contributed by atoms with E-state index in [-0.39, 0.29) is 5.91 Å². The minimum Gasteiger partial charge on any atom is -0.384 e. The van der Waals surface area contributed by atoms with E-state index in [9.17, 15) is 4.79 Å². The van der Waals surface area contributed by atoms with Gasteiger partial charge in [-0.15, -0.1) is 0 Å². The Morgan fingerprint density at radius 2 is 2.18 bits per heavy atom. The second-order valence-corrected chi connectivity index (χ2v) is 5.30. The van der Waals surface area contributed by atoms with Gasteiger partial charge in [-0.3, -0.25) is 4.79 Å². The molecule has 1 heterocycles. The second kappa shape index (κ2) is 5.04. The Morgan fingerprint density at radius 1 is 1.53 bits per heavy atom. The standard InChI is InChI=1S/C12H16BrN3O/c1-16(8-4-2-3-5-8)12(17)9-6-11(14)15-7-10(9)13/h6-8H,2-5H2,1H3,(H2,14,15). The maximum Gasteiger partial charge on any atom is 0.255 e. The van der Waals surface area contributed by atoms with Crippen molar-refractivity contribution in [3.63, 3.8) is 0 Å². The lowest BCUT2D eigenvalue weighted by Crippen LogP contribution is -2.35. The minimum absolute atomic E-state index is 0.0119. The van der Waals surface area contributed by atoms with E-state index in [1.54, 1.807) is 12.3 Å². The van der Waals surface area contributed by atoms with Gasteiger partial charge in [-0.05, 0) is 34.8 Å². The zero-order chi connectivity index (χ0) is 12.4. The first-order valence-corrected chi connectivity index (χ1v) is 6.57. The molecule has 5 heteroatoms. The van der Waals surface area contributed by atoms with Crippen LogP contribution in [0.25, 0.3) is 0 Å². The Labute approximate surface area is 109 Å². The zero-order valence-corrected chi connectivity index (χ0v) is 11.4. The predicted octanol–water partition coefficient (Wildman–Crippen LogP) is 2.44. The molecule has 2 N–H and O–H groups in total. The number of amides is 1. The van der Waals surface area contributed by atoms with Crippen LogP contribution in [0, 0.1) is 0 Å². The number of nitrogens with two attached hydrogens (primary N) is 1. The number of carbonyl (C=O) groups excluding carboxylic acids is 1. The van der Waals surface area contributed by atoms with Crippen molar-refractivity contribution in [3.8, 4) is 0 Å². The lowest BCUT2D eigenvalue weighted by molar-refractivity contribution is 0.0734. The first-order valence-electron chi connectivity index (χ1n) is 5.78. The van der Waals surface area contributed by atoms with Crippen LogP contribution in [0.4, 0.5) is 5.82 Å². The van der Waals surface area contributed by atoms with Crippen molar-refractivity contribution in [1.29, 1.82) is 0 Å². The topological polar surface area (TPSA) is 59.2 Å². The van der Waals surface area contributed by atoms with Crippen LogP contribution in [0.2, 0.25) is 0 Å². The molecule has 0 saturated heterocycles. The summed E-state index contributed by atoms with van der Waals surface area (Å²) < 4.78 is 0.696. The van der Waals surface area contributed by atoms with E-state index in [1.807, 2.05) is 11.9 Å². The SMILES string of the molecule is CN(C(=O)c1cc(N)ncc1Br)C1CCCC1. The van der Waals surface area contributed by atoms with Gasteiger partial charge in [-0.1, -0.05) is 12.8 Å². The van der Waals surface area contributed by atoms with Gasteiger partial charge in [0.2, 0.25) is 0 Å². The summed E-state index contributed by atoms with van der Waals surface area (Å²) in [6.07, 6.45) is 6.19. The fourth-order valence-electron chi connectivity index (χ4n) is 2.27. The molecule has 17 heavy (non-hydrogen) atoms. The number of pyridine rings is 1. The molecule has 0 aliphatic heterocycles. The molecule has 0 spiro atoms. The fourth-order valence-corrected chi connectivity index (χ4v) is 2.65. The van der Waals surface area contributed by atoms with E-state index in [1.165, 1.54) is 12.8 Å². The van der Waals surface area contributed by atoms with Crippen LogP contribution in [0.1, 0.15) is 36.0 Å². The number of halogens is 1. The van der Waals surface area contributed by atoms with Crippen molar-refractivity contribution in [2.75, 3.05) is 12.8 Å². The van der Waals surface area contributed by atoms with Crippen LogP contribution in [0.15, 0.2) is 16.7 Å². The van der Waals surface area contributed by atoms with Gasteiger partial charge in [0, 0.05) is 23.8 Å². The number of nitrogens with zero attached hydrogens (tertiary/aromatic N) is 2. The molecule has 1 aliphatic rings. The Hall–Kier alpha value is -1.10.